The van der Waals surface area contributed by atoms with Crippen LogP contribution in [0.4, 0.5) is 0 Å². The number of rotatable bonds is 12. The number of hydrogen-bond donors (Lipinski definition) is 3. The van der Waals surface area contributed by atoms with Gasteiger partial charge in [0.05, 0.1) is 17.7 Å². The molecule has 0 spiro atoms. The molecule has 0 aromatic heterocycles. The SMILES string of the molecule is CCCSC1SCC(SC(SCS)C(SCS)SCS)S1. The highest BCUT2D eigenvalue weighted by molar-refractivity contribution is 8.39. The van der Waals surface area contributed by atoms with Crippen molar-refractivity contribution in [2.24, 2.45) is 0 Å². The fourth-order valence-corrected chi connectivity index (χ4v) is 15.2. The van der Waals surface area contributed by atoms with Crippen LogP contribution in [0.15, 0.2) is 0 Å². The van der Waals surface area contributed by atoms with E-state index in [1.807, 2.05) is 35.3 Å². The first-order valence-electron chi connectivity index (χ1n) is 6.46. The van der Waals surface area contributed by atoms with Gasteiger partial charge < -0.3 is 0 Å². The molecule has 0 aromatic rings. The summed E-state index contributed by atoms with van der Waals surface area (Å²) in [5.41, 5.74) is 0. The Morgan fingerprint density at radius 3 is 2.24 bits per heavy atom. The second kappa shape index (κ2) is 14.6. The van der Waals surface area contributed by atoms with Crippen molar-refractivity contribution in [2.75, 3.05) is 26.8 Å². The minimum Gasteiger partial charge on any atom is -0.168 e. The van der Waals surface area contributed by atoms with Gasteiger partial charge in [0, 0.05) is 21.0 Å². The summed E-state index contributed by atoms with van der Waals surface area (Å²) in [6, 6.07) is 0. The lowest BCUT2D eigenvalue weighted by atomic mass is 10.6. The van der Waals surface area contributed by atoms with Gasteiger partial charge in [-0.15, -0.1) is 82.3 Å². The zero-order valence-corrected chi connectivity index (χ0v) is 20.2. The molecule has 0 saturated carbocycles. The van der Waals surface area contributed by atoms with Crippen molar-refractivity contribution in [3.63, 3.8) is 0 Å². The monoisotopic (exact) mass is 474 g/mol. The topological polar surface area (TPSA) is 0 Å². The van der Waals surface area contributed by atoms with Crippen LogP contribution in [0.2, 0.25) is 0 Å². The van der Waals surface area contributed by atoms with E-state index >= 15 is 0 Å². The average molecular weight is 475 g/mol. The van der Waals surface area contributed by atoms with E-state index in [0.717, 1.165) is 19.2 Å². The molecule has 3 atom stereocenters. The lowest BCUT2D eigenvalue weighted by Crippen LogP contribution is -2.17. The van der Waals surface area contributed by atoms with Crippen molar-refractivity contribution in [2.45, 2.75) is 31.0 Å². The Morgan fingerprint density at radius 2 is 1.67 bits per heavy atom. The highest BCUT2D eigenvalue weighted by atomic mass is 32.3. The molecule has 0 N–H and O–H groups in total. The predicted octanol–water partition coefficient (Wildman–Crippen LogP) is 6.47. The zero-order chi connectivity index (χ0) is 15.5. The Balaban J connectivity index is 2.45. The molecule has 126 valence electrons. The van der Waals surface area contributed by atoms with E-state index in [-0.39, 0.29) is 0 Å². The second-order valence-corrected chi connectivity index (χ2v) is 16.2. The Kier molecular flexibility index (Phi) is 15.7. The maximum Gasteiger partial charge on any atom is 0.0967 e. The molecule has 1 saturated heterocycles. The molecule has 0 aliphatic carbocycles. The first-order chi connectivity index (χ1) is 10.2. The Labute approximate surface area is 176 Å². The van der Waals surface area contributed by atoms with Crippen molar-refractivity contribution in [3.05, 3.63) is 0 Å². The van der Waals surface area contributed by atoms with Crippen molar-refractivity contribution in [1.82, 2.24) is 0 Å². The van der Waals surface area contributed by atoms with Gasteiger partial charge >= 0.3 is 0 Å². The molecule has 0 nitrogen and oxygen atoms in total. The van der Waals surface area contributed by atoms with Gasteiger partial charge in [-0.25, -0.2) is 0 Å². The molecule has 0 amide bonds. The van der Waals surface area contributed by atoms with E-state index in [1.54, 1.807) is 0 Å². The second-order valence-electron chi connectivity index (χ2n) is 3.82. The minimum absolute atomic E-state index is 0.551. The molecule has 1 rings (SSSR count). The van der Waals surface area contributed by atoms with E-state index in [1.165, 1.54) is 17.9 Å². The molecular weight excluding hydrogens is 453 g/mol. The maximum absolute atomic E-state index is 4.43. The van der Waals surface area contributed by atoms with Crippen LogP contribution in [-0.4, -0.2) is 44.4 Å². The van der Waals surface area contributed by atoms with Gasteiger partial charge in [-0.3, -0.25) is 0 Å². The van der Waals surface area contributed by atoms with Gasteiger partial charge in [0.2, 0.25) is 0 Å². The quantitative estimate of drug-likeness (QED) is 0.216. The molecule has 1 aliphatic heterocycles. The van der Waals surface area contributed by atoms with E-state index in [9.17, 15) is 0 Å². The van der Waals surface area contributed by atoms with E-state index in [4.69, 9.17) is 0 Å². The van der Waals surface area contributed by atoms with Gasteiger partial charge in [0.1, 0.15) is 0 Å². The number of hydrogen-bond acceptors (Lipinski definition) is 10. The van der Waals surface area contributed by atoms with Crippen LogP contribution in [0.5, 0.6) is 0 Å². The van der Waals surface area contributed by atoms with Gasteiger partial charge in [0.15, 0.2) is 0 Å². The standard InChI is InChI=1S/C11H22S10/c1-2-3-15-11-16-4-8(21-11)20-10(19-7-14)9(17-5-12)18-6-13/h8-14H,2-7H2,1H3. The van der Waals surface area contributed by atoms with Crippen LogP contribution in [0, 0.1) is 0 Å². The summed E-state index contributed by atoms with van der Waals surface area (Å²) in [6.07, 6.45) is 1.28. The number of thioether (sulfide) groups is 7. The van der Waals surface area contributed by atoms with Gasteiger partial charge in [-0.05, 0) is 12.2 Å². The Morgan fingerprint density at radius 1 is 1.05 bits per heavy atom. The van der Waals surface area contributed by atoms with Crippen LogP contribution >= 0.6 is 120 Å². The molecule has 0 bridgehead atoms. The molecular formula is C11H22S10. The molecule has 0 radical (unpaired) electrons. The normalized spacial score (nSPS) is 23.9. The largest absolute Gasteiger partial charge is 0.168 e. The van der Waals surface area contributed by atoms with Crippen LogP contribution in [-0.2, 0) is 0 Å². The molecule has 1 aliphatic rings. The predicted molar refractivity (Wildman–Crippen MR) is 130 cm³/mol. The van der Waals surface area contributed by atoms with E-state index in [2.05, 4.69) is 91.9 Å². The minimum atomic E-state index is 0.551. The van der Waals surface area contributed by atoms with Gasteiger partial charge in [-0.1, -0.05) is 6.92 Å². The van der Waals surface area contributed by atoms with Crippen LogP contribution in [0.1, 0.15) is 13.3 Å². The molecule has 1 fully saturated rings. The lowest BCUT2D eigenvalue weighted by Gasteiger charge is -2.26. The fraction of sp³-hybridized carbons (Fsp3) is 1.00. The highest BCUT2D eigenvalue weighted by Crippen LogP contribution is 2.52. The van der Waals surface area contributed by atoms with Crippen LogP contribution in [0.25, 0.3) is 0 Å². The Hall–Kier alpha value is 3.50. The van der Waals surface area contributed by atoms with Gasteiger partial charge in [0.25, 0.3) is 0 Å². The van der Waals surface area contributed by atoms with Crippen molar-refractivity contribution < 1.29 is 0 Å². The van der Waals surface area contributed by atoms with Crippen LogP contribution < -0.4 is 0 Å². The molecule has 21 heavy (non-hydrogen) atoms. The lowest BCUT2D eigenvalue weighted by molar-refractivity contribution is 1.11. The number of thiol groups is 3. The Bertz CT molecular complexity index is 247. The summed E-state index contributed by atoms with van der Waals surface area (Å²) in [4.78, 5) is 0. The smallest absolute Gasteiger partial charge is 0.0967 e. The molecule has 1 heterocycles. The summed E-state index contributed by atoms with van der Waals surface area (Å²) >= 11 is 27.5. The summed E-state index contributed by atoms with van der Waals surface area (Å²) in [5.74, 6) is 2.55. The third-order valence-electron chi connectivity index (χ3n) is 2.31. The maximum atomic E-state index is 4.43. The molecule has 3 unspecified atom stereocenters. The first-order valence-corrected chi connectivity index (χ1v) is 15.5. The van der Waals surface area contributed by atoms with Crippen molar-refractivity contribution in [3.8, 4) is 0 Å². The third kappa shape index (κ3) is 9.68. The van der Waals surface area contributed by atoms with Crippen molar-refractivity contribution in [1.29, 1.82) is 0 Å². The van der Waals surface area contributed by atoms with Crippen LogP contribution in [0.3, 0.4) is 0 Å². The van der Waals surface area contributed by atoms with Crippen molar-refractivity contribution >= 4 is 120 Å². The molecule has 0 aromatic carbocycles. The first kappa shape index (κ1) is 22.5. The van der Waals surface area contributed by atoms with E-state index < -0.39 is 0 Å². The fourth-order valence-electron chi connectivity index (χ4n) is 1.49. The summed E-state index contributed by atoms with van der Waals surface area (Å²) in [7, 11) is 0. The highest BCUT2D eigenvalue weighted by Gasteiger charge is 2.32. The average Bonchev–Trinajstić information content (AvgIpc) is 2.92. The summed E-state index contributed by atoms with van der Waals surface area (Å²) in [6.45, 7) is 2.26. The summed E-state index contributed by atoms with van der Waals surface area (Å²) < 4.78 is 2.57. The summed E-state index contributed by atoms with van der Waals surface area (Å²) in [5, 5.41) is 2.63. The van der Waals surface area contributed by atoms with E-state index in [0.29, 0.717) is 13.7 Å². The van der Waals surface area contributed by atoms with Gasteiger partial charge in [-0.2, -0.15) is 37.9 Å². The zero-order valence-electron chi connectivity index (χ0n) is 11.8. The third-order valence-corrected chi connectivity index (χ3v) is 15.0. The molecule has 10 heteroatoms.